The Morgan fingerprint density at radius 1 is 1.19 bits per heavy atom. The number of amides is 2. The molecule has 27 heavy (non-hydrogen) atoms. The standard InChI is InChI=1S/C22H27N3O2/c1-4-18-10-5-6-13-25(18)22(27)17-11-12-23-19(14-17)21(26)24-20-15(2)8-7-9-16(20)3/h7-9,11-12,14,18H,4-6,10,13H2,1-3H3,(H,24,26). The van der Waals surface area contributed by atoms with Gasteiger partial charge in [-0.1, -0.05) is 25.1 Å². The molecule has 142 valence electrons. The Balaban J connectivity index is 1.80. The van der Waals surface area contributed by atoms with Crippen molar-refractivity contribution in [2.75, 3.05) is 11.9 Å². The summed E-state index contributed by atoms with van der Waals surface area (Å²) in [6.07, 6.45) is 5.75. The van der Waals surface area contributed by atoms with E-state index >= 15 is 0 Å². The van der Waals surface area contributed by atoms with Gasteiger partial charge >= 0.3 is 0 Å². The quantitative estimate of drug-likeness (QED) is 0.876. The lowest BCUT2D eigenvalue weighted by atomic mass is 9.99. The predicted molar refractivity (Wildman–Crippen MR) is 107 cm³/mol. The number of aryl methyl sites for hydroxylation is 2. The second-order valence-corrected chi connectivity index (χ2v) is 7.21. The number of pyridine rings is 1. The Morgan fingerprint density at radius 3 is 2.63 bits per heavy atom. The number of rotatable bonds is 4. The van der Waals surface area contributed by atoms with Gasteiger partial charge in [0.15, 0.2) is 0 Å². The molecule has 1 unspecified atom stereocenters. The van der Waals surface area contributed by atoms with Crippen molar-refractivity contribution in [2.24, 2.45) is 0 Å². The highest BCUT2D eigenvalue weighted by Crippen LogP contribution is 2.23. The van der Waals surface area contributed by atoms with Gasteiger partial charge in [-0.3, -0.25) is 14.6 Å². The van der Waals surface area contributed by atoms with E-state index in [1.807, 2.05) is 36.9 Å². The van der Waals surface area contributed by atoms with Crippen LogP contribution in [0, 0.1) is 13.8 Å². The molecule has 0 aliphatic carbocycles. The molecule has 5 nitrogen and oxygen atoms in total. The van der Waals surface area contributed by atoms with Crippen molar-refractivity contribution in [3.05, 3.63) is 58.9 Å². The number of anilines is 1. The Bertz CT molecular complexity index is 827. The van der Waals surface area contributed by atoms with Crippen LogP contribution in [0.2, 0.25) is 0 Å². The monoisotopic (exact) mass is 365 g/mol. The summed E-state index contributed by atoms with van der Waals surface area (Å²) in [6, 6.07) is 9.45. The molecule has 1 N–H and O–H groups in total. The van der Waals surface area contributed by atoms with Gasteiger partial charge in [-0.15, -0.1) is 0 Å². The van der Waals surface area contributed by atoms with Crippen LogP contribution in [0.25, 0.3) is 0 Å². The lowest BCUT2D eigenvalue weighted by Crippen LogP contribution is -2.43. The van der Waals surface area contributed by atoms with Gasteiger partial charge < -0.3 is 10.2 Å². The number of piperidine rings is 1. The van der Waals surface area contributed by atoms with E-state index in [2.05, 4.69) is 17.2 Å². The first-order valence-corrected chi connectivity index (χ1v) is 9.66. The molecule has 0 spiro atoms. The van der Waals surface area contributed by atoms with Gasteiger partial charge in [0, 0.05) is 30.0 Å². The van der Waals surface area contributed by atoms with Gasteiger partial charge in [0.25, 0.3) is 11.8 Å². The zero-order valence-corrected chi connectivity index (χ0v) is 16.3. The number of nitrogens with one attached hydrogen (secondary N) is 1. The van der Waals surface area contributed by atoms with Gasteiger partial charge in [-0.05, 0) is 62.8 Å². The summed E-state index contributed by atoms with van der Waals surface area (Å²) in [5, 5.41) is 2.93. The highest BCUT2D eigenvalue weighted by molar-refractivity contribution is 6.05. The van der Waals surface area contributed by atoms with Crippen LogP contribution < -0.4 is 5.32 Å². The number of benzene rings is 1. The summed E-state index contributed by atoms with van der Waals surface area (Å²) in [5.41, 5.74) is 3.57. The highest BCUT2D eigenvalue weighted by Gasteiger charge is 2.26. The summed E-state index contributed by atoms with van der Waals surface area (Å²) >= 11 is 0. The van der Waals surface area contributed by atoms with E-state index in [0.29, 0.717) is 5.56 Å². The largest absolute Gasteiger partial charge is 0.336 e. The number of carbonyl (C=O) groups excluding carboxylic acids is 2. The van der Waals surface area contributed by atoms with Crippen LogP contribution in [-0.2, 0) is 0 Å². The molecule has 0 bridgehead atoms. The van der Waals surface area contributed by atoms with Gasteiger partial charge in [0.2, 0.25) is 0 Å². The molecule has 2 aromatic rings. The maximum absolute atomic E-state index is 13.0. The molecule has 2 amide bonds. The van der Waals surface area contributed by atoms with Crippen LogP contribution in [0.5, 0.6) is 0 Å². The number of carbonyl (C=O) groups is 2. The first-order valence-electron chi connectivity index (χ1n) is 9.66. The molecule has 1 saturated heterocycles. The van der Waals surface area contributed by atoms with Crippen LogP contribution in [-0.4, -0.2) is 34.3 Å². The molecular weight excluding hydrogens is 338 g/mol. The number of aromatic nitrogens is 1. The van der Waals surface area contributed by atoms with E-state index in [1.165, 1.54) is 12.6 Å². The lowest BCUT2D eigenvalue weighted by molar-refractivity contribution is 0.0608. The first-order chi connectivity index (χ1) is 13.0. The lowest BCUT2D eigenvalue weighted by Gasteiger charge is -2.35. The molecule has 1 fully saturated rings. The fourth-order valence-corrected chi connectivity index (χ4v) is 3.74. The SMILES string of the molecule is CCC1CCCCN1C(=O)c1ccnc(C(=O)Nc2c(C)cccc2C)c1. The van der Waals surface area contributed by atoms with Gasteiger partial charge in [-0.25, -0.2) is 0 Å². The third-order valence-electron chi connectivity index (χ3n) is 5.32. The molecule has 0 radical (unpaired) electrons. The first kappa shape index (κ1) is 19.1. The maximum atomic E-state index is 13.0. The van der Waals surface area contributed by atoms with Crippen molar-refractivity contribution in [3.63, 3.8) is 0 Å². The number of para-hydroxylation sites is 1. The third-order valence-corrected chi connectivity index (χ3v) is 5.32. The molecule has 1 aliphatic rings. The molecular formula is C22H27N3O2. The minimum Gasteiger partial charge on any atom is -0.336 e. The Hall–Kier alpha value is -2.69. The van der Waals surface area contributed by atoms with E-state index in [-0.39, 0.29) is 23.6 Å². The van der Waals surface area contributed by atoms with Crippen LogP contribution in [0.1, 0.15) is 64.6 Å². The maximum Gasteiger partial charge on any atom is 0.274 e. The molecule has 3 rings (SSSR count). The van der Waals surface area contributed by atoms with Crippen molar-refractivity contribution in [3.8, 4) is 0 Å². The zero-order chi connectivity index (χ0) is 19.4. The van der Waals surface area contributed by atoms with E-state index in [9.17, 15) is 9.59 Å². The minimum atomic E-state index is -0.298. The summed E-state index contributed by atoms with van der Waals surface area (Å²) in [7, 11) is 0. The van der Waals surface area contributed by atoms with Crippen LogP contribution in [0.4, 0.5) is 5.69 Å². The van der Waals surface area contributed by atoms with Gasteiger partial charge in [0.05, 0.1) is 0 Å². The van der Waals surface area contributed by atoms with E-state index in [0.717, 1.165) is 42.6 Å². The van der Waals surface area contributed by atoms with Crippen LogP contribution in [0.3, 0.4) is 0 Å². The predicted octanol–water partition coefficient (Wildman–Crippen LogP) is 4.36. The molecule has 2 heterocycles. The van der Waals surface area contributed by atoms with Gasteiger partial charge in [-0.2, -0.15) is 0 Å². The fraction of sp³-hybridized carbons (Fsp3) is 0.409. The molecule has 1 aliphatic heterocycles. The van der Waals surface area contributed by atoms with E-state index in [4.69, 9.17) is 0 Å². The summed E-state index contributed by atoms with van der Waals surface area (Å²) < 4.78 is 0. The number of nitrogens with zero attached hydrogens (tertiary/aromatic N) is 2. The van der Waals surface area contributed by atoms with Crippen molar-refractivity contribution >= 4 is 17.5 Å². The number of hydrogen-bond acceptors (Lipinski definition) is 3. The average Bonchev–Trinajstić information content (AvgIpc) is 2.70. The second kappa shape index (κ2) is 8.33. The Kier molecular flexibility index (Phi) is 5.89. The fourth-order valence-electron chi connectivity index (χ4n) is 3.74. The number of likely N-dealkylation sites (tertiary alicyclic amines) is 1. The van der Waals surface area contributed by atoms with Crippen molar-refractivity contribution < 1.29 is 9.59 Å². The summed E-state index contributed by atoms with van der Waals surface area (Å²) in [5.74, 6) is -0.308. The Morgan fingerprint density at radius 2 is 1.93 bits per heavy atom. The summed E-state index contributed by atoms with van der Waals surface area (Å²) in [6.45, 7) is 6.81. The topological polar surface area (TPSA) is 62.3 Å². The van der Waals surface area contributed by atoms with Crippen molar-refractivity contribution in [1.29, 1.82) is 0 Å². The smallest absolute Gasteiger partial charge is 0.274 e. The van der Waals surface area contributed by atoms with Crippen molar-refractivity contribution in [2.45, 2.75) is 52.5 Å². The third kappa shape index (κ3) is 4.18. The highest BCUT2D eigenvalue weighted by atomic mass is 16.2. The van der Waals surface area contributed by atoms with E-state index < -0.39 is 0 Å². The summed E-state index contributed by atoms with van der Waals surface area (Å²) in [4.78, 5) is 31.8. The zero-order valence-electron chi connectivity index (χ0n) is 16.3. The molecule has 0 saturated carbocycles. The second-order valence-electron chi connectivity index (χ2n) is 7.21. The van der Waals surface area contributed by atoms with E-state index in [1.54, 1.807) is 12.1 Å². The van der Waals surface area contributed by atoms with Crippen LogP contribution >= 0.6 is 0 Å². The van der Waals surface area contributed by atoms with Gasteiger partial charge in [0.1, 0.15) is 5.69 Å². The normalized spacial score (nSPS) is 16.9. The minimum absolute atomic E-state index is 0.00919. The van der Waals surface area contributed by atoms with Crippen molar-refractivity contribution in [1.82, 2.24) is 9.88 Å². The molecule has 1 aromatic carbocycles. The Labute approximate surface area is 160 Å². The molecule has 1 atom stereocenters. The number of hydrogen-bond donors (Lipinski definition) is 1. The molecule has 5 heteroatoms. The van der Waals surface area contributed by atoms with Crippen LogP contribution in [0.15, 0.2) is 36.5 Å². The average molecular weight is 365 g/mol. The molecule has 1 aromatic heterocycles.